The maximum atomic E-state index is 12.8. The largest absolute Gasteiger partial charge is 0.454 e. The van der Waals surface area contributed by atoms with Crippen LogP contribution < -0.4 is 20.3 Å². The first kappa shape index (κ1) is 17.6. The lowest BCUT2D eigenvalue weighted by Gasteiger charge is -2.08. The highest BCUT2D eigenvalue weighted by molar-refractivity contribution is 7.99. The molecule has 0 saturated heterocycles. The molecule has 0 bridgehead atoms. The Balaban J connectivity index is 1.32. The first-order chi connectivity index (χ1) is 13.6. The number of anilines is 1. The third-order valence-corrected chi connectivity index (χ3v) is 7.11. The van der Waals surface area contributed by atoms with Gasteiger partial charge in [0.15, 0.2) is 16.7 Å². The van der Waals surface area contributed by atoms with Gasteiger partial charge in [-0.15, -0.1) is 11.3 Å². The zero-order chi connectivity index (χ0) is 19.3. The van der Waals surface area contributed by atoms with E-state index in [1.807, 2.05) is 0 Å². The lowest BCUT2D eigenvalue weighted by Crippen LogP contribution is -2.21. The molecule has 7 nitrogen and oxygen atoms in total. The topological polar surface area (TPSA) is 82.5 Å². The number of aromatic nitrogens is 2. The van der Waals surface area contributed by atoms with Gasteiger partial charge < -0.3 is 14.8 Å². The van der Waals surface area contributed by atoms with Crippen LogP contribution >= 0.6 is 23.1 Å². The van der Waals surface area contributed by atoms with E-state index in [0.29, 0.717) is 22.3 Å². The molecule has 3 heterocycles. The summed E-state index contributed by atoms with van der Waals surface area (Å²) in [5, 5.41) is 4.15. The van der Waals surface area contributed by atoms with Crippen molar-refractivity contribution >= 4 is 44.9 Å². The fourth-order valence-corrected chi connectivity index (χ4v) is 5.61. The van der Waals surface area contributed by atoms with Gasteiger partial charge in [-0.2, -0.15) is 0 Å². The van der Waals surface area contributed by atoms with Gasteiger partial charge in [0.2, 0.25) is 12.7 Å². The average Bonchev–Trinajstić information content (AvgIpc) is 3.38. The van der Waals surface area contributed by atoms with Gasteiger partial charge in [0, 0.05) is 23.7 Å². The number of carbonyl (C=O) groups is 1. The molecule has 144 valence electrons. The number of hydrogen-bond acceptors (Lipinski definition) is 7. The molecule has 5 rings (SSSR count). The molecule has 1 aliphatic heterocycles. The summed E-state index contributed by atoms with van der Waals surface area (Å²) in [5.41, 5.74) is 1.79. The molecular formula is C19H17N3O4S2. The van der Waals surface area contributed by atoms with Crippen molar-refractivity contribution in [1.29, 1.82) is 0 Å². The van der Waals surface area contributed by atoms with E-state index < -0.39 is 0 Å². The van der Waals surface area contributed by atoms with Crippen molar-refractivity contribution in [3.05, 3.63) is 39.0 Å². The number of nitrogens with zero attached hydrogens (tertiary/aromatic N) is 2. The van der Waals surface area contributed by atoms with E-state index in [1.54, 1.807) is 41.2 Å². The summed E-state index contributed by atoms with van der Waals surface area (Å²) in [6, 6.07) is 5.27. The van der Waals surface area contributed by atoms with E-state index in [-0.39, 0.29) is 24.0 Å². The van der Waals surface area contributed by atoms with Crippen molar-refractivity contribution in [1.82, 2.24) is 9.55 Å². The quantitative estimate of drug-likeness (QED) is 0.521. The minimum atomic E-state index is -0.174. The highest BCUT2D eigenvalue weighted by Crippen LogP contribution is 2.36. The molecule has 0 radical (unpaired) electrons. The number of thioether (sulfide) groups is 1. The van der Waals surface area contributed by atoms with Crippen molar-refractivity contribution in [2.45, 2.75) is 24.4 Å². The number of nitrogens with one attached hydrogen (secondary N) is 1. The number of ether oxygens (including phenoxy) is 2. The second-order valence-corrected chi connectivity index (χ2v) is 8.73. The van der Waals surface area contributed by atoms with Gasteiger partial charge in [0.25, 0.3) is 5.56 Å². The Kier molecular flexibility index (Phi) is 4.28. The Morgan fingerprint density at radius 1 is 1.32 bits per heavy atom. The fourth-order valence-electron chi connectivity index (χ4n) is 3.54. The Hall–Kier alpha value is -2.52. The van der Waals surface area contributed by atoms with Crippen LogP contribution in [-0.4, -0.2) is 28.0 Å². The zero-order valence-corrected chi connectivity index (χ0v) is 16.7. The molecule has 2 aromatic heterocycles. The van der Waals surface area contributed by atoms with Crippen molar-refractivity contribution < 1.29 is 14.3 Å². The molecular weight excluding hydrogens is 398 g/mol. The normalized spacial score (nSPS) is 14.5. The van der Waals surface area contributed by atoms with Gasteiger partial charge in [-0.05, 0) is 37.0 Å². The Bertz CT molecular complexity index is 1170. The summed E-state index contributed by atoms with van der Waals surface area (Å²) in [4.78, 5) is 31.9. The highest BCUT2D eigenvalue weighted by Gasteiger charge is 2.22. The van der Waals surface area contributed by atoms with E-state index in [4.69, 9.17) is 9.47 Å². The Labute approximate surface area is 168 Å². The maximum absolute atomic E-state index is 12.8. The highest BCUT2D eigenvalue weighted by atomic mass is 32.2. The number of aryl methyl sites for hydroxylation is 2. The SMILES string of the molecule is Cn1c(SCC(=O)Nc2ccc3c(c2)OCO3)nc2sc3c(c2c1=O)CCC3. The lowest BCUT2D eigenvalue weighted by molar-refractivity contribution is -0.113. The van der Waals surface area contributed by atoms with Crippen LogP contribution in [0.5, 0.6) is 11.5 Å². The number of hydrogen-bond donors (Lipinski definition) is 1. The van der Waals surface area contributed by atoms with E-state index in [1.165, 1.54) is 22.2 Å². The summed E-state index contributed by atoms with van der Waals surface area (Å²) in [6.45, 7) is 0.191. The molecule has 9 heteroatoms. The van der Waals surface area contributed by atoms with Crippen LogP contribution in [-0.2, 0) is 24.7 Å². The fraction of sp³-hybridized carbons (Fsp3) is 0.316. The first-order valence-electron chi connectivity index (χ1n) is 8.94. The monoisotopic (exact) mass is 415 g/mol. The van der Waals surface area contributed by atoms with E-state index in [9.17, 15) is 9.59 Å². The lowest BCUT2D eigenvalue weighted by atomic mass is 10.2. The molecule has 0 saturated carbocycles. The van der Waals surface area contributed by atoms with Gasteiger partial charge >= 0.3 is 0 Å². The predicted octanol–water partition coefficient (Wildman–Crippen LogP) is 2.94. The van der Waals surface area contributed by atoms with Gasteiger partial charge in [-0.25, -0.2) is 4.98 Å². The zero-order valence-electron chi connectivity index (χ0n) is 15.1. The molecule has 0 atom stereocenters. The van der Waals surface area contributed by atoms with Crippen LogP contribution in [0.1, 0.15) is 16.9 Å². The molecule has 28 heavy (non-hydrogen) atoms. The summed E-state index contributed by atoms with van der Waals surface area (Å²) in [5.74, 6) is 1.27. The molecule has 1 amide bonds. The van der Waals surface area contributed by atoms with Gasteiger partial charge in [-0.1, -0.05) is 11.8 Å². The number of carbonyl (C=O) groups excluding carboxylic acids is 1. The van der Waals surface area contributed by atoms with Crippen molar-refractivity contribution in [2.75, 3.05) is 17.9 Å². The van der Waals surface area contributed by atoms with Crippen LogP contribution in [0.15, 0.2) is 28.2 Å². The molecule has 0 fully saturated rings. The number of fused-ring (bicyclic) bond motifs is 4. The molecule has 1 aromatic carbocycles. The Morgan fingerprint density at radius 3 is 3.07 bits per heavy atom. The van der Waals surface area contributed by atoms with Crippen LogP contribution in [0.25, 0.3) is 10.2 Å². The van der Waals surface area contributed by atoms with Crippen LogP contribution in [0.2, 0.25) is 0 Å². The van der Waals surface area contributed by atoms with E-state index in [2.05, 4.69) is 10.3 Å². The summed E-state index contributed by atoms with van der Waals surface area (Å²) >= 11 is 2.87. The van der Waals surface area contributed by atoms with Crippen LogP contribution in [0.4, 0.5) is 5.69 Å². The first-order valence-corrected chi connectivity index (χ1v) is 10.7. The average molecular weight is 415 g/mol. The number of thiophene rings is 1. The standard InChI is InChI=1S/C19H17N3O4S2/c1-22-18(24)16-11-3-2-4-14(11)28-17(16)21-19(22)27-8-15(23)20-10-5-6-12-13(7-10)26-9-25-12/h5-7H,2-4,8-9H2,1H3,(H,20,23). The van der Waals surface area contributed by atoms with Crippen molar-refractivity contribution in [3.8, 4) is 11.5 Å². The van der Waals surface area contributed by atoms with Crippen LogP contribution in [0, 0.1) is 0 Å². The second-order valence-electron chi connectivity index (χ2n) is 6.70. The number of rotatable bonds is 4. The summed E-state index contributed by atoms with van der Waals surface area (Å²) < 4.78 is 12.1. The summed E-state index contributed by atoms with van der Waals surface area (Å²) in [6.07, 6.45) is 3.09. The molecule has 0 unspecified atom stereocenters. The predicted molar refractivity (Wildman–Crippen MR) is 109 cm³/mol. The maximum Gasteiger partial charge on any atom is 0.262 e. The van der Waals surface area contributed by atoms with Gasteiger partial charge in [0.05, 0.1) is 11.1 Å². The third-order valence-electron chi connectivity index (χ3n) is 4.89. The third kappa shape index (κ3) is 2.94. The minimum absolute atomic E-state index is 0.0249. The second kappa shape index (κ2) is 6.82. The van der Waals surface area contributed by atoms with Gasteiger partial charge in [0.1, 0.15) is 4.83 Å². The van der Waals surface area contributed by atoms with E-state index >= 15 is 0 Å². The van der Waals surface area contributed by atoms with Crippen LogP contribution in [0.3, 0.4) is 0 Å². The van der Waals surface area contributed by atoms with Gasteiger partial charge in [-0.3, -0.25) is 14.2 Å². The van der Waals surface area contributed by atoms with Crippen molar-refractivity contribution in [2.24, 2.45) is 7.05 Å². The molecule has 3 aromatic rings. The molecule has 2 aliphatic rings. The number of amides is 1. The smallest absolute Gasteiger partial charge is 0.262 e. The Morgan fingerprint density at radius 2 is 2.18 bits per heavy atom. The van der Waals surface area contributed by atoms with E-state index in [0.717, 1.165) is 29.5 Å². The van der Waals surface area contributed by atoms with Crippen molar-refractivity contribution in [3.63, 3.8) is 0 Å². The number of benzene rings is 1. The molecule has 1 aliphatic carbocycles. The molecule has 1 N–H and O–H groups in total. The molecule has 0 spiro atoms. The minimum Gasteiger partial charge on any atom is -0.454 e. The summed E-state index contributed by atoms with van der Waals surface area (Å²) in [7, 11) is 1.71.